The molecule has 2 aliphatic rings. The smallest absolute Gasteiger partial charge is 0.276 e. The predicted octanol–water partition coefficient (Wildman–Crippen LogP) is 2.93. The second kappa shape index (κ2) is 8.65. The van der Waals surface area contributed by atoms with Crippen molar-refractivity contribution in [3.8, 4) is 5.69 Å². The zero-order chi connectivity index (χ0) is 18.4. The van der Waals surface area contributed by atoms with Crippen LogP contribution in [0.4, 0.5) is 0 Å². The van der Waals surface area contributed by atoms with Gasteiger partial charge in [0.1, 0.15) is 0 Å². The van der Waals surface area contributed by atoms with Gasteiger partial charge in [-0.15, -0.1) is 29.9 Å². The number of nitrogens with zero attached hydrogens (tertiary/aromatic N) is 5. The van der Waals surface area contributed by atoms with Gasteiger partial charge in [-0.25, -0.2) is 4.68 Å². The molecule has 0 aliphatic carbocycles. The molecule has 0 saturated carbocycles. The minimum absolute atomic E-state index is 0. The summed E-state index contributed by atoms with van der Waals surface area (Å²) in [7, 11) is 0. The van der Waals surface area contributed by atoms with Crippen molar-refractivity contribution in [3.63, 3.8) is 0 Å². The minimum atomic E-state index is 0. The van der Waals surface area contributed by atoms with E-state index in [2.05, 4.69) is 20.6 Å². The molecule has 2 fully saturated rings. The summed E-state index contributed by atoms with van der Waals surface area (Å²) in [5, 5.41) is 14.1. The second-order valence-corrected chi connectivity index (χ2v) is 7.40. The maximum atomic E-state index is 13.3. The van der Waals surface area contributed by atoms with Crippen molar-refractivity contribution in [1.82, 2.24) is 30.2 Å². The number of halogens is 2. The summed E-state index contributed by atoms with van der Waals surface area (Å²) in [6.45, 7) is 3.76. The lowest BCUT2D eigenvalue weighted by atomic mass is 10.1. The van der Waals surface area contributed by atoms with Gasteiger partial charge in [0.25, 0.3) is 5.91 Å². The average molecular weight is 435 g/mol. The van der Waals surface area contributed by atoms with Crippen LogP contribution < -0.4 is 5.32 Å². The Hall–Kier alpha value is -2.22. The van der Waals surface area contributed by atoms with Gasteiger partial charge >= 0.3 is 0 Å². The van der Waals surface area contributed by atoms with Crippen molar-refractivity contribution < 1.29 is 4.79 Å². The van der Waals surface area contributed by atoms with Gasteiger partial charge in [0.15, 0.2) is 5.69 Å². The van der Waals surface area contributed by atoms with Crippen LogP contribution >= 0.6 is 24.8 Å². The first-order chi connectivity index (χ1) is 13.2. The van der Waals surface area contributed by atoms with Gasteiger partial charge in [-0.05, 0) is 44.9 Å². The van der Waals surface area contributed by atoms with Crippen LogP contribution in [0, 0.1) is 6.92 Å². The fourth-order valence-corrected chi connectivity index (χ4v) is 4.48. The second-order valence-electron chi connectivity index (χ2n) is 7.40. The summed E-state index contributed by atoms with van der Waals surface area (Å²) >= 11 is 0. The Labute approximate surface area is 181 Å². The highest BCUT2D eigenvalue weighted by Crippen LogP contribution is 2.30. The lowest BCUT2D eigenvalue weighted by Crippen LogP contribution is -2.43. The Morgan fingerprint density at radius 2 is 1.97 bits per heavy atom. The van der Waals surface area contributed by atoms with Gasteiger partial charge in [0, 0.05) is 41.8 Å². The van der Waals surface area contributed by atoms with E-state index in [-0.39, 0.29) is 36.8 Å². The van der Waals surface area contributed by atoms with Crippen LogP contribution in [0.2, 0.25) is 0 Å². The molecule has 29 heavy (non-hydrogen) atoms. The first-order valence-corrected chi connectivity index (χ1v) is 9.53. The Morgan fingerprint density at radius 1 is 1.14 bits per heavy atom. The molecule has 1 amide bonds. The number of pyridine rings is 1. The first-order valence-electron chi connectivity index (χ1n) is 9.53. The monoisotopic (exact) mass is 434 g/mol. The maximum Gasteiger partial charge on any atom is 0.276 e. The minimum Gasteiger partial charge on any atom is -0.330 e. The fraction of sp³-hybridized carbons (Fsp3) is 0.400. The molecule has 2 saturated heterocycles. The van der Waals surface area contributed by atoms with Crippen LogP contribution in [-0.4, -0.2) is 56.0 Å². The fourth-order valence-electron chi connectivity index (χ4n) is 4.48. The van der Waals surface area contributed by atoms with E-state index < -0.39 is 0 Å². The number of hydrogen-bond donors (Lipinski definition) is 1. The highest BCUT2D eigenvalue weighted by Gasteiger charge is 2.40. The van der Waals surface area contributed by atoms with Crippen LogP contribution in [0.5, 0.6) is 0 Å². The molecule has 2 aliphatic heterocycles. The molecule has 2 unspecified atom stereocenters. The predicted molar refractivity (Wildman–Crippen MR) is 116 cm³/mol. The summed E-state index contributed by atoms with van der Waals surface area (Å²) in [4.78, 5) is 19.5. The van der Waals surface area contributed by atoms with Gasteiger partial charge in [-0.1, -0.05) is 17.3 Å². The number of fused-ring (bicyclic) bond motifs is 3. The number of amides is 1. The summed E-state index contributed by atoms with van der Waals surface area (Å²) in [5.74, 6) is 0.0110. The van der Waals surface area contributed by atoms with Crippen molar-refractivity contribution in [2.75, 3.05) is 13.1 Å². The van der Waals surface area contributed by atoms with E-state index in [1.54, 1.807) is 10.9 Å². The van der Waals surface area contributed by atoms with E-state index >= 15 is 0 Å². The summed E-state index contributed by atoms with van der Waals surface area (Å²) < 4.78 is 1.77. The molecule has 3 aromatic rings. The quantitative estimate of drug-likeness (QED) is 0.670. The average Bonchev–Trinajstić information content (AvgIpc) is 3.19. The highest BCUT2D eigenvalue weighted by atomic mass is 35.5. The molecule has 0 spiro atoms. The normalized spacial score (nSPS) is 20.7. The zero-order valence-corrected chi connectivity index (χ0v) is 17.7. The van der Waals surface area contributed by atoms with Gasteiger partial charge in [-0.3, -0.25) is 9.78 Å². The molecule has 5 rings (SSSR count). The van der Waals surface area contributed by atoms with Crippen LogP contribution in [0.1, 0.15) is 35.4 Å². The highest BCUT2D eigenvalue weighted by molar-refractivity contribution is 5.95. The van der Waals surface area contributed by atoms with Crippen molar-refractivity contribution >= 4 is 41.5 Å². The summed E-state index contributed by atoms with van der Waals surface area (Å²) in [5.41, 5.74) is 2.15. The van der Waals surface area contributed by atoms with Crippen molar-refractivity contribution in [2.45, 2.75) is 38.3 Å². The number of carbonyl (C=O) groups is 1. The number of nitrogens with one attached hydrogen (secondary N) is 1. The Kier molecular flexibility index (Phi) is 6.41. The third kappa shape index (κ3) is 3.58. The Bertz CT molecular complexity index is 1000. The molecule has 7 nitrogen and oxygen atoms in total. The number of benzene rings is 1. The number of aromatic nitrogens is 4. The topological polar surface area (TPSA) is 75.9 Å². The standard InChI is InChI=1S/C20H22N6O.2ClH/c1-13-19(20(27)25-15-5-6-16(25)12-22-9-7-15)23-24-26(13)18-4-2-3-14-11-21-10-8-17(14)18;;/h2-4,8,10-11,15-16,22H,5-7,9,12H2,1H3;2*1H. The van der Waals surface area contributed by atoms with E-state index in [4.69, 9.17) is 0 Å². The molecule has 0 radical (unpaired) electrons. The molecule has 4 heterocycles. The van der Waals surface area contributed by atoms with Crippen molar-refractivity contribution in [2.24, 2.45) is 0 Å². The summed E-state index contributed by atoms with van der Waals surface area (Å²) in [6.07, 6.45) is 6.76. The molecule has 2 bridgehead atoms. The Morgan fingerprint density at radius 3 is 2.83 bits per heavy atom. The summed E-state index contributed by atoms with van der Waals surface area (Å²) in [6, 6.07) is 8.53. The van der Waals surface area contributed by atoms with E-state index in [0.29, 0.717) is 11.7 Å². The van der Waals surface area contributed by atoms with Crippen molar-refractivity contribution in [1.29, 1.82) is 0 Å². The van der Waals surface area contributed by atoms with E-state index in [1.165, 1.54) is 0 Å². The SMILES string of the molecule is Cc1c(C(=O)N2C3CCNCC2CC3)nnn1-c1cccc2cnccc12.Cl.Cl. The van der Waals surface area contributed by atoms with Crippen LogP contribution in [0.3, 0.4) is 0 Å². The lowest BCUT2D eigenvalue weighted by molar-refractivity contribution is 0.0673. The molecule has 154 valence electrons. The number of hydrogen-bond acceptors (Lipinski definition) is 5. The van der Waals surface area contributed by atoms with Gasteiger partial charge < -0.3 is 10.2 Å². The van der Waals surface area contributed by atoms with Gasteiger partial charge in [-0.2, -0.15) is 0 Å². The van der Waals surface area contributed by atoms with E-state index in [1.807, 2.05) is 42.3 Å². The first kappa shape index (κ1) is 21.5. The number of rotatable bonds is 2. The zero-order valence-electron chi connectivity index (χ0n) is 16.1. The van der Waals surface area contributed by atoms with Crippen LogP contribution in [0.15, 0.2) is 36.7 Å². The third-order valence-corrected chi connectivity index (χ3v) is 5.87. The molecular formula is C20H24Cl2N6O. The molecule has 1 aromatic carbocycles. The van der Waals surface area contributed by atoms with Crippen LogP contribution in [0.25, 0.3) is 16.5 Å². The van der Waals surface area contributed by atoms with Crippen LogP contribution in [-0.2, 0) is 0 Å². The molecular weight excluding hydrogens is 411 g/mol. The molecule has 1 N–H and O–H groups in total. The third-order valence-electron chi connectivity index (χ3n) is 5.87. The molecule has 9 heteroatoms. The lowest BCUT2D eigenvalue weighted by Gasteiger charge is -2.27. The molecule has 2 atom stereocenters. The van der Waals surface area contributed by atoms with Crippen molar-refractivity contribution in [3.05, 3.63) is 48.0 Å². The Balaban J connectivity index is 0.00000120. The van der Waals surface area contributed by atoms with Gasteiger partial charge in [0.05, 0.1) is 11.4 Å². The van der Waals surface area contributed by atoms with Gasteiger partial charge in [0.2, 0.25) is 0 Å². The van der Waals surface area contributed by atoms with E-state index in [9.17, 15) is 4.79 Å². The largest absolute Gasteiger partial charge is 0.330 e. The number of carbonyl (C=O) groups excluding carboxylic acids is 1. The molecule has 2 aromatic heterocycles. The van der Waals surface area contributed by atoms with E-state index in [0.717, 1.165) is 54.5 Å². The maximum absolute atomic E-state index is 13.3.